The molecular formula is C21H25F3N4O. The smallest absolute Gasteiger partial charge is 0.325 e. The molecule has 2 aromatic rings. The third kappa shape index (κ3) is 5.77. The summed E-state index contributed by atoms with van der Waals surface area (Å²) in [5.74, 6) is -0.0592. The van der Waals surface area contributed by atoms with Gasteiger partial charge in [-0.25, -0.2) is 0 Å². The number of anilines is 1. The quantitative estimate of drug-likeness (QED) is 0.826. The number of aromatic nitrogens is 1. The van der Waals surface area contributed by atoms with Crippen molar-refractivity contribution in [2.45, 2.75) is 26.6 Å². The Kier molecular flexibility index (Phi) is 6.54. The molecular weight excluding hydrogens is 381 g/mol. The minimum atomic E-state index is -4.43. The van der Waals surface area contributed by atoms with Crippen LogP contribution in [0.4, 0.5) is 18.9 Å². The van der Waals surface area contributed by atoms with Gasteiger partial charge in [0, 0.05) is 44.6 Å². The molecule has 1 aliphatic rings. The highest BCUT2D eigenvalue weighted by Gasteiger charge is 2.32. The van der Waals surface area contributed by atoms with Crippen LogP contribution in [0.2, 0.25) is 0 Å². The molecule has 156 valence electrons. The third-order valence-electron chi connectivity index (χ3n) is 5.23. The predicted molar refractivity (Wildman–Crippen MR) is 106 cm³/mol. The molecule has 0 unspecified atom stereocenters. The SMILES string of the molecule is Cc1cccc(NC(=O)CN2CCN(Cc3ccnc(C(F)(F)F)c3)CC2)c1C. The number of alkyl halides is 3. The zero-order chi connectivity index (χ0) is 21.0. The van der Waals surface area contributed by atoms with Crippen molar-refractivity contribution in [3.05, 3.63) is 58.9 Å². The molecule has 29 heavy (non-hydrogen) atoms. The summed E-state index contributed by atoms with van der Waals surface area (Å²) in [5.41, 5.74) is 2.74. The fourth-order valence-corrected chi connectivity index (χ4v) is 3.37. The van der Waals surface area contributed by atoms with Crippen LogP contribution < -0.4 is 5.32 Å². The van der Waals surface area contributed by atoms with Crippen LogP contribution in [0.5, 0.6) is 0 Å². The van der Waals surface area contributed by atoms with Crippen LogP contribution in [-0.2, 0) is 17.5 Å². The number of amides is 1. The minimum absolute atomic E-state index is 0.0592. The second kappa shape index (κ2) is 8.92. The van der Waals surface area contributed by atoms with Crippen molar-refractivity contribution in [1.29, 1.82) is 0 Å². The van der Waals surface area contributed by atoms with E-state index in [2.05, 4.69) is 20.1 Å². The molecule has 8 heteroatoms. The number of nitrogens with one attached hydrogen (secondary N) is 1. The zero-order valence-electron chi connectivity index (χ0n) is 16.6. The lowest BCUT2D eigenvalue weighted by atomic mass is 10.1. The summed E-state index contributed by atoms with van der Waals surface area (Å²) in [4.78, 5) is 19.9. The first kappa shape index (κ1) is 21.3. The van der Waals surface area contributed by atoms with Crippen LogP contribution in [0.3, 0.4) is 0 Å². The third-order valence-corrected chi connectivity index (χ3v) is 5.23. The molecule has 0 spiro atoms. The summed E-state index contributed by atoms with van der Waals surface area (Å²) in [7, 11) is 0. The maximum absolute atomic E-state index is 12.8. The molecule has 0 bridgehead atoms. The highest BCUT2D eigenvalue weighted by Crippen LogP contribution is 2.28. The number of nitrogens with zero attached hydrogens (tertiary/aromatic N) is 3. The number of benzene rings is 1. The van der Waals surface area contributed by atoms with E-state index in [-0.39, 0.29) is 5.91 Å². The van der Waals surface area contributed by atoms with Crippen molar-refractivity contribution < 1.29 is 18.0 Å². The Hall–Kier alpha value is -2.45. The van der Waals surface area contributed by atoms with Gasteiger partial charge in [-0.05, 0) is 48.7 Å². The first-order valence-electron chi connectivity index (χ1n) is 9.55. The van der Waals surface area contributed by atoms with Crippen LogP contribution in [0.25, 0.3) is 0 Å². The standard InChI is InChI=1S/C21H25F3N4O/c1-15-4-3-5-18(16(15)2)26-20(29)14-28-10-8-27(9-11-28)13-17-6-7-25-19(12-17)21(22,23)24/h3-7,12H,8-11,13-14H2,1-2H3,(H,26,29). The van der Waals surface area contributed by atoms with Gasteiger partial charge in [0.2, 0.25) is 5.91 Å². The topological polar surface area (TPSA) is 48.5 Å². The predicted octanol–water partition coefficient (Wildman–Crippen LogP) is 3.47. The summed E-state index contributed by atoms with van der Waals surface area (Å²) in [6.07, 6.45) is -3.23. The molecule has 5 nitrogen and oxygen atoms in total. The number of rotatable bonds is 5. The fraction of sp³-hybridized carbons (Fsp3) is 0.429. The molecule has 1 amide bonds. The van der Waals surface area contributed by atoms with Crippen molar-refractivity contribution in [3.8, 4) is 0 Å². The molecule has 1 N–H and O–H groups in total. The van der Waals surface area contributed by atoms with Gasteiger partial charge < -0.3 is 5.32 Å². The van der Waals surface area contributed by atoms with Crippen molar-refractivity contribution >= 4 is 11.6 Å². The monoisotopic (exact) mass is 406 g/mol. The summed E-state index contributed by atoms with van der Waals surface area (Å²) in [5, 5.41) is 2.96. The molecule has 1 saturated heterocycles. The number of pyridine rings is 1. The Labute approximate surface area is 168 Å². The number of carbonyl (C=O) groups is 1. The highest BCUT2D eigenvalue weighted by molar-refractivity contribution is 5.93. The number of aryl methyl sites for hydroxylation is 1. The van der Waals surface area contributed by atoms with Gasteiger partial charge >= 0.3 is 6.18 Å². The number of hydrogen-bond donors (Lipinski definition) is 1. The van der Waals surface area contributed by atoms with E-state index in [1.165, 1.54) is 6.20 Å². The van der Waals surface area contributed by atoms with E-state index >= 15 is 0 Å². The van der Waals surface area contributed by atoms with Gasteiger partial charge in [-0.3, -0.25) is 19.6 Å². The minimum Gasteiger partial charge on any atom is -0.325 e. The summed E-state index contributed by atoms with van der Waals surface area (Å²) in [6, 6.07) is 8.52. The number of piperazine rings is 1. The first-order chi connectivity index (χ1) is 13.7. The van der Waals surface area contributed by atoms with Gasteiger partial charge in [-0.2, -0.15) is 13.2 Å². The van der Waals surface area contributed by atoms with Gasteiger partial charge in [-0.1, -0.05) is 12.1 Å². The van der Waals surface area contributed by atoms with Gasteiger partial charge in [0.25, 0.3) is 0 Å². The van der Waals surface area contributed by atoms with Crippen molar-refractivity contribution in [2.24, 2.45) is 0 Å². The Balaban J connectivity index is 1.48. The lowest BCUT2D eigenvalue weighted by Crippen LogP contribution is -2.48. The average molecular weight is 406 g/mol. The second-order valence-corrected chi connectivity index (χ2v) is 7.40. The van der Waals surface area contributed by atoms with Crippen molar-refractivity contribution in [3.63, 3.8) is 0 Å². The maximum atomic E-state index is 12.8. The average Bonchev–Trinajstić information content (AvgIpc) is 2.67. The summed E-state index contributed by atoms with van der Waals surface area (Å²) >= 11 is 0. The largest absolute Gasteiger partial charge is 0.433 e. The maximum Gasteiger partial charge on any atom is 0.433 e. The van der Waals surface area contributed by atoms with Gasteiger partial charge in [0.05, 0.1) is 6.54 Å². The van der Waals surface area contributed by atoms with Crippen molar-refractivity contribution in [1.82, 2.24) is 14.8 Å². The van der Waals surface area contributed by atoms with Gasteiger partial charge in [-0.15, -0.1) is 0 Å². The Morgan fingerprint density at radius 2 is 1.79 bits per heavy atom. The molecule has 0 aliphatic carbocycles. The molecule has 3 rings (SSSR count). The molecule has 1 aromatic carbocycles. The Morgan fingerprint density at radius 3 is 2.48 bits per heavy atom. The molecule has 1 fully saturated rings. The summed E-state index contributed by atoms with van der Waals surface area (Å²) < 4.78 is 38.4. The van der Waals surface area contributed by atoms with Crippen LogP contribution in [0.15, 0.2) is 36.5 Å². The van der Waals surface area contributed by atoms with Gasteiger partial charge in [0.15, 0.2) is 0 Å². The Bertz CT molecular complexity index is 861. The second-order valence-electron chi connectivity index (χ2n) is 7.40. The number of halogens is 3. The van der Waals surface area contributed by atoms with E-state index in [9.17, 15) is 18.0 Å². The number of hydrogen-bond acceptors (Lipinski definition) is 4. The lowest BCUT2D eigenvalue weighted by molar-refractivity contribution is -0.141. The first-order valence-corrected chi connectivity index (χ1v) is 9.55. The Morgan fingerprint density at radius 1 is 1.10 bits per heavy atom. The lowest BCUT2D eigenvalue weighted by Gasteiger charge is -2.34. The van der Waals surface area contributed by atoms with Crippen LogP contribution in [-0.4, -0.2) is 53.4 Å². The van der Waals surface area contributed by atoms with Crippen LogP contribution in [0, 0.1) is 13.8 Å². The van der Waals surface area contributed by atoms with E-state index < -0.39 is 11.9 Å². The van der Waals surface area contributed by atoms with E-state index in [0.717, 1.165) is 22.9 Å². The van der Waals surface area contributed by atoms with Crippen LogP contribution in [0.1, 0.15) is 22.4 Å². The molecule has 2 heterocycles. The van der Waals surface area contributed by atoms with E-state index in [1.54, 1.807) is 6.07 Å². The highest BCUT2D eigenvalue weighted by atomic mass is 19.4. The fourth-order valence-electron chi connectivity index (χ4n) is 3.37. The van der Waals surface area contributed by atoms with Gasteiger partial charge in [0.1, 0.15) is 5.69 Å². The molecule has 0 atom stereocenters. The van der Waals surface area contributed by atoms with Crippen LogP contribution >= 0.6 is 0 Å². The normalized spacial score (nSPS) is 16.0. The van der Waals surface area contributed by atoms with E-state index in [1.807, 2.05) is 32.0 Å². The molecule has 0 radical (unpaired) electrons. The van der Waals surface area contributed by atoms with Crippen molar-refractivity contribution in [2.75, 3.05) is 38.0 Å². The van der Waals surface area contributed by atoms with E-state index in [0.29, 0.717) is 44.8 Å². The molecule has 1 aliphatic heterocycles. The zero-order valence-corrected chi connectivity index (χ0v) is 16.6. The molecule has 0 saturated carbocycles. The summed E-state index contributed by atoms with van der Waals surface area (Å²) in [6.45, 7) is 7.50. The van der Waals surface area contributed by atoms with E-state index in [4.69, 9.17) is 0 Å². The number of carbonyl (C=O) groups excluding carboxylic acids is 1. The molecule has 1 aromatic heterocycles.